The van der Waals surface area contributed by atoms with Gasteiger partial charge < -0.3 is 9.64 Å². The highest BCUT2D eigenvalue weighted by molar-refractivity contribution is 8.68. The molecule has 0 spiro atoms. The van der Waals surface area contributed by atoms with Gasteiger partial charge in [0.05, 0.1) is 18.4 Å². The molecule has 4 aliphatic rings. The summed E-state index contributed by atoms with van der Waals surface area (Å²) in [5, 5.41) is 1.65. The van der Waals surface area contributed by atoms with E-state index in [9.17, 15) is 4.79 Å². The standard InChI is InChI=1S/C52H71ClN2O2S3/c1-51(2)43-26-13-15-28-45(43)54(35-17-9-6-10-19-37-57-49(56)34-39-59-42-24-11-7-5-8-12-25-42)47(51)32-30-40-22-21-23-41(50(40)53)31-33-48-52(3,4)44-27-14-16-29-46(44)55(48)36-18-20-38-60-58/h13-16,26-33,42H,5-12,17-25,34-39H2,1-4H3/p+1. The predicted molar refractivity (Wildman–Crippen MR) is 266 cm³/mol. The molecule has 1 fully saturated rings. The second-order valence-corrected chi connectivity index (χ2v) is 21.6. The topological polar surface area (TPSA) is 32.5 Å². The minimum absolute atomic E-state index is 0.0219. The molecule has 2 aromatic carbocycles. The van der Waals surface area contributed by atoms with Crippen molar-refractivity contribution in [1.82, 2.24) is 0 Å². The second-order valence-electron chi connectivity index (χ2n) is 18.4. The zero-order valence-electron chi connectivity index (χ0n) is 37.1. The lowest BCUT2D eigenvalue weighted by Gasteiger charge is -2.27. The molecule has 0 saturated heterocycles. The number of thiol groups is 1. The third-order valence-corrected chi connectivity index (χ3v) is 16.2. The molecular weight excluding hydrogens is 816 g/mol. The molecule has 0 radical (unpaired) electrons. The van der Waals surface area contributed by atoms with Gasteiger partial charge >= 0.3 is 5.97 Å². The molecule has 2 heterocycles. The van der Waals surface area contributed by atoms with Crippen molar-refractivity contribution in [2.24, 2.45) is 0 Å². The number of unbranched alkanes of at least 4 members (excludes halogenated alkanes) is 5. The van der Waals surface area contributed by atoms with Crippen molar-refractivity contribution in [2.75, 3.05) is 36.1 Å². The molecule has 60 heavy (non-hydrogen) atoms. The van der Waals surface area contributed by atoms with E-state index in [1.54, 1.807) is 10.8 Å². The fourth-order valence-corrected chi connectivity index (χ4v) is 12.1. The van der Waals surface area contributed by atoms with Crippen LogP contribution in [0.4, 0.5) is 11.4 Å². The number of anilines is 1. The molecule has 2 aliphatic carbocycles. The molecule has 0 aromatic heterocycles. The van der Waals surface area contributed by atoms with Crippen LogP contribution >= 0.6 is 45.8 Å². The lowest BCUT2D eigenvalue weighted by molar-refractivity contribution is -0.438. The van der Waals surface area contributed by atoms with Gasteiger partial charge in [-0.15, -0.1) is 11.7 Å². The first-order valence-corrected chi connectivity index (χ1v) is 26.7. The van der Waals surface area contributed by atoms with E-state index in [1.807, 2.05) is 11.8 Å². The number of thioether (sulfide) groups is 1. The first-order chi connectivity index (χ1) is 29.1. The maximum atomic E-state index is 12.4. The van der Waals surface area contributed by atoms with Crippen LogP contribution < -0.4 is 4.90 Å². The molecule has 0 unspecified atom stereocenters. The van der Waals surface area contributed by atoms with E-state index in [1.165, 1.54) is 90.0 Å². The summed E-state index contributed by atoms with van der Waals surface area (Å²) in [5.41, 5.74) is 10.4. The Bertz CT molecular complexity index is 1900. The number of hydrogen-bond donors (Lipinski definition) is 1. The number of ether oxygens (including phenoxy) is 1. The highest BCUT2D eigenvalue weighted by Gasteiger charge is 2.44. The number of rotatable bonds is 20. The maximum absolute atomic E-state index is 12.4. The Morgan fingerprint density at radius 1 is 0.817 bits per heavy atom. The zero-order chi connectivity index (χ0) is 42.4. The van der Waals surface area contributed by atoms with Gasteiger partial charge in [0.1, 0.15) is 6.54 Å². The van der Waals surface area contributed by atoms with E-state index in [2.05, 4.69) is 122 Å². The van der Waals surface area contributed by atoms with E-state index in [4.69, 9.17) is 16.3 Å². The Morgan fingerprint density at radius 3 is 2.33 bits per heavy atom. The van der Waals surface area contributed by atoms with Gasteiger partial charge in [0.15, 0.2) is 5.71 Å². The summed E-state index contributed by atoms with van der Waals surface area (Å²) >= 11 is 13.7. The van der Waals surface area contributed by atoms with Crippen LogP contribution in [0.5, 0.6) is 0 Å². The van der Waals surface area contributed by atoms with Crippen molar-refractivity contribution in [3.05, 3.63) is 106 Å². The number of carbonyl (C=O) groups excluding carboxylic acids is 1. The van der Waals surface area contributed by atoms with E-state index in [0.717, 1.165) is 99.1 Å². The lowest BCUT2D eigenvalue weighted by atomic mass is 9.81. The third-order valence-electron chi connectivity index (χ3n) is 13.3. The first kappa shape index (κ1) is 47.2. The number of nitrogens with zero attached hydrogens (tertiary/aromatic N) is 2. The molecular formula is C52H72ClN2O2S3+. The molecule has 1 saturated carbocycles. The quantitative estimate of drug-likeness (QED) is 0.0471. The van der Waals surface area contributed by atoms with Crippen LogP contribution in [-0.4, -0.2) is 52.7 Å². The summed E-state index contributed by atoms with van der Waals surface area (Å²) in [6, 6.07) is 17.8. The molecule has 0 bridgehead atoms. The van der Waals surface area contributed by atoms with Gasteiger partial charge in [0.2, 0.25) is 5.69 Å². The normalized spacial score (nSPS) is 20.6. The summed E-state index contributed by atoms with van der Waals surface area (Å²) in [4.78, 5) is 14.9. The highest BCUT2D eigenvalue weighted by atomic mass is 35.5. The number of halogens is 1. The zero-order valence-corrected chi connectivity index (χ0v) is 40.4. The average Bonchev–Trinajstić information content (AvgIpc) is 3.58. The van der Waals surface area contributed by atoms with Crippen molar-refractivity contribution in [2.45, 2.75) is 159 Å². The molecule has 0 atom stereocenters. The van der Waals surface area contributed by atoms with Crippen LogP contribution in [0.3, 0.4) is 0 Å². The van der Waals surface area contributed by atoms with Crippen LogP contribution in [0.1, 0.15) is 154 Å². The molecule has 0 N–H and O–H groups in total. The molecule has 2 aliphatic heterocycles. The van der Waals surface area contributed by atoms with E-state index in [-0.39, 0.29) is 16.8 Å². The molecule has 8 heteroatoms. The van der Waals surface area contributed by atoms with Gasteiger partial charge in [-0.05, 0) is 100 Å². The highest BCUT2D eigenvalue weighted by Crippen LogP contribution is 2.48. The van der Waals surface area contributed by atoms with Crippen molar-refractivity contribution < 1.29 is 14.1 Å². The molecule has 326 valence electrons. The first-order valence-electron chi connectivity index (χ1n) is 23.3. The number of carbonyl (C=O) groups is 1. The fraction of sp³-hybridized carbons (Fsp3) is 0.577. The van der Waals surface area contributed by atoms with E-state index < -0.39 is 0 Å². The number of allylic oxidation sites excluding steroid dienone is 8. The Hall–Kier alpha value is -2.32. The SMILES string of the molecule is CC1(C)C(/C=C/C2=C(Cl)C(=C/C=C3/N(CCCCSS)c4ccccc4C3(C)C)/CCC2)=[N+](CCCCCCCOC(=O)CCSC2CCCCCCC2)c2ccccc21. The Balaban J connectivity index is 1.05. The molecule has 0 amide bonds. The van der Waals surface area contributed by atoms with Crippen LogP contribution in [0.25, 0.3) is 0 Å². The summed E-state index contributed by atoms with van der Waals surface area (Å²) < 4.78 is 8.18. The maximum Gasteiger partial charge on any atom is 0.306 e. The average molecular weight is 889 g/mol. The number of para-hydroxylation sites is 2. The van der Waals surface area contributed by atoms with Gasteiger partial charge in [0.25, 0.3) is 0 Å². The van der Waals surface area contributed by atoms with Gasteiger partial charge in [-0.2, -0.15) is 16.3 Å². The summed E-state index contributed by atoms with van der Waals surface area (Å²) in [5.74, 6) is 1.95. The summed E-state index contributed by atoms with van der Waals surface area (Å²) in [6.07, 6.45) is 30.2. The van der Waals surface area contributed by atoms with Crippen LogP contribution in [-0.2, 0) is 20.4 Å². The van der Waals surface area contributed by atoms with Crippen LogP contribution in [0, 0.1) is 0 Å². The lowest BCUT2D eigenvalue weighted by Crippen LogP contribution is -2.28. The second kappa shape index (κ2) is 23.4. The van der Waals surface area contributed by atoms with Crippen LogP contribution in [0.15, 0.2) is 94.7 Å². The van der Waals surface area contributed by atoms with Gasteiger partial charge in [-0.3, -0.25) is 4.79 Å². The number of benzene rings is 2. The third kappa shape index (κ3) is 12.2. The van der Waals surface area contributed by atoms with E-state index >= 15 is 0 Å². The molecule has 4 nitrogen and oxygen atoms in total. The number of esters is 1. The molecule has 6 rings (SSSR count). The summed E-state index contributed by atoms with van der Waals surface area (Å²) in [7, 11) is 1.63. The molecule has 2 aromatic rings. The summed E-state index contributed by atoms with van der Waals surface area (Å²) in [6.45, 7) is 12.0. The fourth-order valence-electron chi connectivity index (χ4n) is 9.82. The van der Waals surface area contributed by atoms with Gasteiger partial charge in [-0.1, -0.05) is 130 Å². The number of hydrogen-bond acceptors (Lipinski definition) is 6. The van der Waals surface area contributed by atoms with Crippen molar-refractivity contribution in [1.29, 1.82) is 0 Å². The monoisotopic (exact) mass is 887 g/mol. The van der Waals surface area contributed by atoms with Gasteiger partial charge in [-0.25, -0.2) is 0 Å². The minimum Gasteiger partial charge on any atom is -0.466 e. The van der Waals surface area contributed by atoms with Crippen molar-refractivity contribution in [3.8, 4) is 0 Å². The Morgan fingerprint density at radius 2 is 1.53 bits per heavy atom. The van der Waals surface area contributed by atoms with E-state index in [0.29, 0.717) is 13.0 Å². The smallest absolute Gasteiger partial charge is 0.306 e. The van der Waals surface area contributed by atoms with Gasteiger partial charge in [0, 0.05) is 69.3 Å². The largest absolute Gasteiger partial charge is 0.466 e. The van der Waals surface area contributed by atoms with Crippen LogP contribution in [0.2, 0.25) is 0 Å². The number of fused-ring (bicyclic) bond motifs is 2. The minimum atomic E-state index is -0.104. The van der Waals surface area contributed by atoms with Crippen molar-refractivity contribution in [3.63, 3.8) is 0 Å². The van der Waals surface area contributed by atoms with Crippen molar-refractivity contribution >= 4 is 68.9 Å². The Kier molecular flexibility index (Phi) is 18.4. The predicted octanol–water partition coefficient (Wildman–Crippen LogP) is 15.0. The Labute approximate surface area is 382 Å².